The molecule has 1 aliphatic carbocycles. The van der Waals surface area contributed by atoms with Gasteiger partial charge in [-0.2, -0.15) is 0 Å². The maximum absolute atomic E-state index is 14.4. The van der Waals surface area contributed by atoms with E-state index in [9.17, 15) is 24.0 Å². The lowest BCUT2D eigenvalue weighted by Gasteiger charge is -2.49. The van der Waals surface area contributed by atoms with Gasteiger partial charge in [0, 0.05) is 112 Å². The minimum atomic E-state index is -1.06. The van der Waals surface area contributed by atoms with Gasteiger partial charge in [-0.3, -0.25) is 29.0 Å². The standard InChI is InChI=1S/C53H61N11O7/c1-32-28-63(49(67)36-12-16-45(70-5)44(26-36)61-24-20-46(66)64(52(61)69)31-56-34(3)65)33(2)27-62(32)38-18-22-60(23-19-38)51-57-43-15-11-35(42-29-59(4)50(68)47-40(42)17-21-55-47)25-41(43)48(58-51)53(30-54,71-39-13-14-39)37-9-7-6-8-10-37/h6-12,15-17,21,25-26,29,32-33,38-39,55H,13-14,18-20,22-24,27-28,30-31,54H2,1-5H3,(H,56,65)/t32-,33+,53-/m0/s1. The summed E-state index contributed by atoms with van der Waals surface area (Å²) in [5, 5.41) is 4.20. The first-order valence-electron chi connectivity index (χ1n) is 24.6. The maximum atomic E-state index is 14.4. The SMILES string of the molecule is COc1ccc(C(=O)N2C[C@H](C)N(C3CCN(c4nc([C@@](CN)(OC5CC5)c5ccccc5)c5cc(-c6cn(C)c(=O)c7[nH]ccc67)ccc5n4)CC3)C[C@H]2C)cc1N1CCC(=O)N(CNC(C)=O)C1=O. The minimum Gasteiger partial charge on any atom is -0.495 e. The zero-order valence-electron chi connectivity index (χ0n) is 40.9. The Labute approximate surface area is 411 Å². The maximum Gasteiger partial charge on any atom is 0.332 e. The Balaban J connectivity index is 0.892. The molecule has 5 amide bonds. The van der Waals surface area contributed by atoms with Crippen molar-refractivity contribution in [3.8, 4) is 16.9 Å². The highest BCUT2D eigenvalue weighted by atomic mass is 16.5. The molecular weight excluding hydrogens is 903 g/mol. The summed E-state index contributed by atoms with van der Waals surface area (Å²) in [5.41, 5.74) is 11.3. The molecule has 0 unspecified atom stereocenters. The Kier molecular flexibility index (Phi) is 12.9. The number of imide groups is 1. The number of piperidine rings is 1. The van der Waals surface area contributed by atoms with Crippen LogP contribution in [0.3, 0.4) is 0 Å². The van der Waals surface area contributed by atoms with Crippen LogP contribution in [0.25, 0.3) is 32.9 Å². The fourth-order valence-electron chi connectivity index (χ4n) is 10.7. The number of pyridine rings is 1. The van der Waals surface area contributed by atoms with Gasteiger partial charge in [-0.15, -0.1) is 0 Å². The second-order valence-corrected chi connectivity index (χ2v) is 19.4. The minimum absolute atomic E-state index is 0.0517. The number of H-pyrrole nitrogens is 1. The van der Waals surface area contributed by atoms with E-state index in [0.717, 1.165) is 76.7 Å². The molecule has 3 atom stereocenters. The van der Waals surface area contributed by atoms with Gasteiger partial charge in [0.25, 0.3) is 11.5 Å². The number of aromatic nitrogens is 4. The van der Waals surface area contributed by atoms with E-state index in [0.29, 0.717) is 47.2 Å². The Morgan fingerprint density at radius 2 is 1.68 bits per heavy atom. The van der Waals surface area contributed by atoms with Crippen molar-refractivity contribution in [2.45, 2.75) is 82.7 Å². The number of aryl methyl sites for hydroxylation is 1. The van der Waals surface area contributed by atoms with Gasteiger partial charge in [-0.25, -0.2) is 19.7 Å². The second kappa shape index (κ2) is 19.2. The first-order chi connectivity index (χ1) is 34.3. The van der Waals surface area contributed by atoms with Gasteiger partial charge in [0.1, 0.15) is 23.5 Å². The van der Waals surface area contributed by atoms with Crippen molar-refractivity contribution in [1.82, 2.24) is 39.5 Å². The number of carbonyl (C=O) groups excluding carboxylic acids is 4. The fraction of sp³-hybridized carbons (Fsp3) is 0.415. The molecule has 4 N–H and O–H groups in total. The van der Waals surface area contributed by atoms with E-state index in [2.05, 4.69) is 58.2 Å². The van der Waals surface area contributed by atoms with Gasteiger partial charge in [-0.05, 0) is 87.1 Å². The van der Waals surface area contributed by atoms with E-state index in [-0.39, 0.29) is 67.8 Å². The molecule has 370 valence electrons. The van der Waals surface area contributed by atoms with Crippen molar-refractivity contribution in [3.05, 3.63) is 112 Å². The average Bonchev–Trinajstić information content (AvgIpc) is 4.07. The number of nitrogens with zero attached hydrogens (tertiary/aromatic N) is 8. The zero-order chi connectivity index (χ0) is 49.7. The number of hydrogen-bond acceptors (Lipinski definition) is 12. The molecule has 71 heavy (non-hydrogen) atoms. The molecule has 10 rings (SSSR count). The Bertz CT molecular complexity index is 3090. The number of piperazine rings is 1. The number of hydrogen-bond donors (Lipinski definition) is 3. The summed E-state index contributed by atoms with van der Waals surface area (Å²) in [4.78, 5) is 88.3. The van der Waals surface area contributed by atoms with Crippen molar-refractivity contribution in [3.63, 3.8) is 0 Å². The largest absolute Gasteiger partial charge is 0.495 e. The van der Waals surface area contributed by atoms with E-state index in [1.54, 1.807) is 36.0 Å². The zero-order valence-corrected chi connectivity index (χ0v) is 40.9. The van der Waals surface area contributed by atoms with Gasteiger partial charge in [-0.1, -0.05) is 36.4 Å². The fourth-order valence-corrected chi connectivity index (χ4v) is 10.7. The van der Waals surface area contributed by atoms with Crippen molar-refractivity contribution < 1.29 is 28.7 Å². The van der Waals surface area contributed by atoms with Gasteiger partial charge >= 0.3 is 6.03 Å². The molecule has 6 heterocycles. The monoisotopic (exact) mass is 963 g/mol. The van der Waals surface area contributed by atoms with Crippen LogP contribution in [0.2, 0.25) is 0 Å². The molecule has 3 aromatic heterocycles. The number of rotatable bonds is 13. The smallest absolute Gasteiger partial charge is 0.332 e. The van der Waals surface area contributed by atoms with Crippen LogP contribution in [-0.2, 0) is 27.0 Å². The van der Waals surface area contributed by atoms with Crippen molar-refractivity contribution >= 4 is 57.2 Å². The van der Waals surface area contributed by atoms with Crippen molar-refractivity contribution in [2.75, 3.05) is 62.8 Å². The van der Waals surface area contributed by atoms with Crippen molar-refractivity contribution in [1.29, 1.82) is 0 Å². The van der Waals surface area contributed by atoms with Crippen LogP contribution in [-0.4, -0.2) is 135 Å². The molecule has 6 aromatic rings. The molecular formula is C53H61N11O7. The number of nitrogens with one attached hydrogen (secondary N) is 2. The second-order valence-electron chi connectivity index (χ2n) is 19.4. The number of benzene rings is 3. The average molecular weight is 964 g/mol. The molecule has 0 radical (unpaired) electrons. The van der Waals surface area contributed by atoms with Gasteiger partial charge in [0.15, 0.2) is 0 Å². The van der Waals surface area contributed by atoms with Crippen LogP contribution in [0.4, 0.5) is 16.4 Å². The lowest BCUT2D eigenvalue weighted by Crippen LogP contribution is -2.61. The van der Waals surface area contributed by atoms with Gasteiger partial charge in [0.05, 0.1) is 30.1 Å². The number of methoxy groups -OCH3 is 1. The third-order valence-electron chi connectivity index (χ3n) is 14.7. The first-order valence-corrected chi connectivity index (χ1v) is 24.6. The predicted molar refractivity (Wildman–Crippen MR) is 270 cm³/mol. The molecule has 3 saturated heterocycles. The molecule has 4 aliphatic rings. The number of urea groups is 1. The summed E-state index contributed by atoms with van der Waals surface area (Å²) in [6.45, 7) is 8.23. The van der Waals surface area contributed by atoms with Crippen LogP contribution in [0.5, 0.6) is 5.75 Å². The Hall–Kier alpha value is -7.15. The number of fused-ring (bicyclic) bond motifs is 2. The molecule has 0 bridgehead atoms. The highest BCUT2D eigenvalue weighted by molar-refractivity contribution is 6.07. The number of amides is 5. The summed E-state index contributed by atoms with van der Waals surface area (Å²) in [5.74, 6) is 0.0927. The summed E-state index contributed by atoms with van der Waals surface area (Å²) in [6.07, 6.45) is 7.40. The quantitative estimate of drug-likeness (QED) is 0.135. The van der Waals surface area contributed by atoms with Crippen LogP contribution >= 0.6 is 0 Å². The summed E-state index contributed by atoms with van der Waals surface area (Å²) >= 11 is 0. The van der Waals surface area contributed by atoms with E-state index >= 15 is 0 Å². The van der Waals surface area contributed by atoms with Crippen LogP contribution in [0.1, 0.15) is 74.5 Å². The molecule has 3 aliphatic heterocycles. The molecule has 18 nitrogen and oxygen atoms in total. The van der Waals surface area contributed by atoms with E-state index in [4.69, 9.17) is 25.2 Å². The van der Waals surface area contributed by atoms with Crippen LogP contribution < -0.4 is 31.1 Å². The number of anilines is 2. The molecule has 3 aromatic carbocycles. The summed E-state index contributed by atoms with van der Waals surface area (Å²) in [6, 6.07) is 22.9. The number of aromatic amines is 1. The van der Waals surface area contributed by atoms with E-state index in [1.807, 2.05) is 41.4 Å². The summed E-state index contributed by atoms with van der Waals surface area (Å²) < 4.78 is 14.3. The Morgan fingerprint density at radius 3 is 2.39 bits per heavy atom. The summed E-state index contributed by atoms with van der Waals surface area (Å²) in [7, 11) is 3.26. The van der Waals surface area contributed by atoms with Crippen LogP contribution in [0, 0.1) is 0 Å². The topological polar surface area (TPSA) is 205 Å². The first kappa shape index (κ1) is 47.5. The van der Waals surface area contributed by atoms with E-state index in [1.165, 1.54) is 18.9 Å². The molecule has 1 saturated carbocycles. The lowest BCUT2D eigenvalue weighted by atomic mass is 9.86. The number of nitrogens with two attached hydrogens (primary N) is 1. The highest BCUT2D eigenvalue weighted by Gasteiger charge is 2.44. The molecule has 18 heteroatoms. The van der Waals surface area contributed by atoms with E-state index < -0.39 is 17.5 Å². The van der Waals surface area contributed by atoms with Gasteiger partial charge in [0.2, 0.25) is 17.8 Å². The molecule has 4 fully saturated rings. The highest BCUT2D eigenvalue weighted by Crippen LogP contribution is 2.43. The predicted octanol–water partition coefficient (Wildman–Crippen LogP) is 5.32. The lowest BCUT2D eigenvalue weighted by molar-refractivity contribution is -0.129. The number of ether oxygens (including phenoxy) is 2. The third-order valence-corrected chi connectivity index (χ3v) is 14.7. The Morgan fingerprint density at radius 1 is 0.901 bits per heavy atom. The molecule has 0 spiro atoms. The van der Waals surface area contributed by atoms with Crippen LogP contribution in [0.15, 0.2) is 90.0 Å². The van der Waals surface area contributed by atoms with Gasteiger partial charge < -0.3 is 39.9 Å². The third kappa shape index (κ3) is 8.88. The van der Waals surface area contributed by atoms with Crippen molar-refractivity contribution in [2.24, 2.45) is 12.8 Å². The number of carbonyl (C=O) groups is 4. The normalized spacial score (nSPS) is 20.2.